The van der Waals surface area contributed by atoms with Gasteiger partial charge >= 0.3 is 0 Å². The van der Waals surface area contributed by atoms with E-state index in [0.29, 0.717) is 0 Å². The molecular weight excluding hydrogens is 815 g/mol. The van der Waals surface area contributed by atoms with Crippen molar-refractivity contribution in [3.63, 3.8) is 0 Å². The van der Waals surface area contributed by atoms with E-state index in [0.717, 1.165) is 17.1 Å². The van der Waals surface area contributed by atoms with Crippen LogP contribution < -0.4 is 4.90 Å². The van der Waals surface area contributed by atoms with Crippen molar-refractivity contribution >= 4 is 48.6 Å². The van der Waals surface area contributed by atoms with Crippen molar-refractivity contribution in [1.82, 2.24) is 0 Å². The fourth-order valence-electron chi connectivity index (χ4n) is 11.5. The summed E-state index contributed by atoms with van der Waals surface area (Å²) in [5, 5.41) is 2.63. The number of anilines is 3. The smallest absolute Gasteiger partial charge is 0.0714 e. The fourth-order valence-corrected chi connectivity index (χ4v) is 12.6. The first-order valence-electron chi connectivity index (χ1n) is 23.0. The molecule has 1 nitrogen and oxygen atoms in total. The Labute approximate surface area is 390 Å². The molecule has 0 bridgehead atoms. The van der Waals surface area contributed by atoms with Crippen LogP contribution >= 0.6 is 11.3 Å². The first-order chi connectivity index (χ1) is 32.5. The van der Waals surface area contributed by atoms with Crippen LogP contribution in [0.5, 0.6) is 0 Å². The van der Waals surface area contributed by atoms with Gasteiger partial charge in [-0.05, 0) is 127 Å². The third kappa shape index (κ3) is 5.71. The number of benzene rings is 10. The topological polar surface area (TPSA) is 3.24 Å². The number of thiophene rings is 1. The number of fused-ring (bicyclic) bond motifs is 9. The highest BCUT2D eigenvalue weighted by molar-refractivity contribution is 7.25. The molecule has 0 saturated heterocycles. The lowest BCUT2D eigenvalue weighted by molar-refractivity contribution is 0.660. The Bertz CT molecular complexity index is 3630. The van der Waals surface area contributed by atoms with Gasteiger partial charge in [-0.25, -0.2) is 0 Å². The normalized spacial score (nSPS) is 13.8. The average Bonchev–Trinajstić information content (AvgIpc) is 3.98. The zero-order valence-electron chi connectivity index (χ0n) is 36.9. The third-order valence-corrected chi connectivity index (χ3v) is 15.7. The van der Waals surface area contributed by atoms with E-state index in [2.05, 4.69) is 255 Å². The molecule has 2 aliphatic carbocycles. The van der Waals surface area contributed by atoms with Crippen molar-refractivity contribution in [1.29, 1.82) is 0 Å². The highest BCUT2D eigenvalue weighted by Gasteiger charge is 2.47. The highest BCUT2D eigenvalue weighted by atomic mass is 32.1. The molecule has 2 aliphatic rings. The molecule has 1 aromatic heterocycles. The van der Waals surface area contributed by atoms with Gasteiger partial charge in [-0.15, -0.1) is 11.3 Å². The minimum Gasteiger partial charge on any atom is -0.310 e. The molecule has 0 N–H and O–H groups in total. The molecule has 0 atom stereocenters. The Balaban J connectivity index is 1.01. The third-order valence-electron chi connectivity index (χ3n) is 14.6. The predicted octanol–water partition coefficient (Wildman–Crippen LogP) is 17.5. The summed E-state index contributed by atoms with van der Waals surface area (Å²) in [6.45, 7) is 4.73. The molecule has 0 saturated carbocycles. The molecule has 10 aromatic carbocycles. The number of rotatable bonds is 7. The van der Waals surface area contributed by atoms with Crippen LogP contribution in [0.2, 0.25) is 0 Å². The van der Waals surface area contributed by atoms with Crippen LogP contribution in [-0.4, -0.2) is 0 Å². The van der Waals surface area contributed by atoms with E-state index < -0.39 is 5.41 Å². The maximum absolute atomic E-state index is 2.50. The molecule has 0 radical (unpaired) electrons. The molecule has 0 aliphatic heterocycles. The van der Waals surface area contributed by atoms with E-state index in [-0.39, 0.29) is 5.41 Å². The SMILES string of the molecule is CC1(C)c2ccccc2-c2ccc(-c3cccc(N(c4ccc(-c5ccc6sc7ccccc7c6c5)cc4)c4cccc5c4-c4ccccc4C5(c4ccccc4)c4ccccc4)c3)cc21. The van der Waals surface area contributed by atoms with Crippen molar-refractivity contribution in [2.75, 3.05) is 4.90 Å². The fraction of sp³-hybridized carbons (Fsp3) is 0.0625. The van der Waals surface area contributed by atoms with Gasteiger partial charge in [0.1, 0.15) is 0 Å². The van der Waals surface area contributed by atoms with Gasteiger partial charge < -0.3 is 4.90 Å². The van der Waals surface area contributed by atoms with Crippen LogP contribution in [-0.2, 0) is 10.8 Å². The Morgan fingerprint density at radius 2 is 0.924 bits per heavy atom. The molecule has 1 heterocycles. The Hall–Kier alpha value is -7.78. The highest BCUT2D eigenvalue weighted by Crippen LogP contribution is 2.60. The van der Waals surface area contributed by atoms with Gasteiger partial charge in [-0.1, -0.05) is 196 Å². The molecular formula is C64H45NS. The molecule has 0 unspecified atom stereocenters. The van der Waals surface area contributed by atoms with Gasteiger partial charge in [0, 0.05) is 42.5 Å². The van der Waals surface area contributed by atoms with E-state index in [9.17, 15) is 0 Å². The Morgan fingerprint density at radius 3 is 1.71 bits per heavy atom. The molecule has 13 rings (SSSR count). The van der Waals surface area contributed by atoms with Crippen LogP contribution in [0.4, 0.5) is 17.1 Å². The molecule has 0 spiro atoms. The first-order valence-corrected chi connectivity index (χ1v) is 23.8. The first kappa shape index (κ1) is 38.7. The van der Waals surface area contributed by atoms with Crippen molar-refractivity contribution < 1.29 is 0 Å². The monoisotopic (exact) mass is 859 g/mol. The van der Waals surface area contributed by atoms with Gasteiger partial charge in [0.05, 0.1) is 11.1 Å². The van der Waals surface area contributed by atoms with E-state index in [4.69, 9.17) is 0 Å². The van der Waals surface area contributed by atoms with Crippen LogP contribution in [0.3, 0.4) is 0 Å². The van der Waals surface area contributed by atoms with Gasteiger partial charge in [0.25, 0.3) is 0 Å². The zero-order valence-corrected chi connectivity index (χ0v) is 37.7. The minimum atomic E-state index is -0.513. The van der Waals surface area contributed by atoms with Crippen LogP contribution in [0.15, 0.2) is 237 Å². The number of hydrogen-bond acceptors (Lipinski definition) is 2. The van der Waals surface area contributed by atoms with Crippen molar-refractivity contribution in [2.45, 2.75) is 24.7 Å². The van der Waals surface area contributed by atoms with Gasteiger partial charge in [0.2, 0.25) is 0 Å². The molecule has 0 fully saturated rings. The van der Waals surface area contributed by atoms with E-state index in [1.165, 1.54) is 98.1 Å². The molecule has 0 amide bonds. The summed E-state index contributed by atoms with van der Waals surface area (Å²) in [5.41, 5.74) is 20.6. The zero-order chi connectivity index (χ0) is 44.0. The summed E-state index contributed by atoms with van der Waals surface area (Å²) in [5.74, 6) is 0. The quantitative estimate of drug-likeness (QED) is 0.154. The summed E-state index contributed by atoms with van der Waals surface area (Å²) in [4.78, 5) is 2.50. The standard InChI is InChI=1S/C64H45NS/c1-63(2)55-26-12-9-23-50(55)51-37-33-45(41-58(51)63)43-17-15-22-49(39-43)65(48-35-31-42(32-36-48)44-34-38-61-54(40-44)52-24-11-14-30-60(52)66-61)59-29-16-28-57-62(59)53-25-10-13-27-56(53)64(57,46-18-5-3-6-19-46)47-20-7-4-8-21-47/h3-41H,1-2H3. The molecule has 312 valence electrons. The van der Waals surface area contributed by atoms with Crippen LogP contribution in [0.1, 0.15) is 47.2 Å². The van der Waals surface area contributed by atoms with Crippen molar-refractivity contribution in [3.05, 3.63) is 270 Å². The lowest BCUT2D eigenvalue weighted by atomic mass is 9.68. The van der Waals surface area contributed by atoms with Gasteiger partial charge in [-0.3, -0.25) is 0 Å². The van der Waals surface area contributed by atoms with Crippen LogP contribution in [0.25, 0.3) is 64.7 Å². The number of nitrogens with zero attached hydrogens (tertiary/aromatic N) is 1. The summed E-state index contributed by atoms with van der Waals surface area (Å²) in [6.07, 6.45) is 0. The lowest BCUT2D eigenvalue weighted by Gasteiger charge is -2.34. The van der Waals surface area contributed by atoms with E-state index in [1.54, 1.807) is 0 Å². The number of hydrogen-bond donors (Lipinski definition) is 0. The molecule has 11 aromatic rings. The molecule has 2 heteroatoms. The maximum atomic E-state index is 2.50. The second-order valence-electron chi connectivity index (χ2n) is 18.4. The van der Waals surface area contributed by atoms with E-state index in [1.807, 2.05) is 11.3 Å². The summed E-state index contributed by atoms with van der Waals surface area (Å²) in [7, 11) is 0. The van der Waals surface area contributed by atoms with Crippen molar-refractivity contribution in [2.24, 2.45) is 0 Å². The largest absolute Gasteiger partial charge is 0.310 e. The molecule has 66 heavy (non-hydrogen) atoms. The Morgan fingerprint density at radius 1 is 0.348 bits per heavy atom. The average molecular weight is 860 g/mol. The minimum absolute atomic E-state index is 0.0869. The predicted molar refractivity (Wildman–Crippen MR) is 280 cm³/mol. The summed E-state index contributed by atoms with van der Waals surface area (Å²) in [6, 6.07) is 88.3. The van der Waals surface area contributed by atoms with Gasteiger partial charge in [0.15, 0.2) is 0 Å². The van der Waals surface area contributed by atoms with E-state index >= 15 is 0 Å². The second-order valence-corrected chi connectivity index (χ2v) is 19.5. The lowest BCUT2D eigenvalue weighted by Crippen LogP contribution is -2.28. The summed E-state index contributed by atoms with van der Waals surface area (Å²) >= 11 is 1.86. The van der Waals surface area contributed by atoms with Gasteiger partial charge in [-0.2, -0.15) is 0 Å². The second kappa shape index (κ2) is 14.9. The maximum Gasteiger partial charge on any atom is 0.0714 e. The van der Waals surface area contributed by atoms with Crippen molar-refractivity contribution in [3.8, 4) is 44.5 Å². The Kier molecular flexibility index (Phi) is 8.72. The van der Waals surface area contributed by atoms with Crippen LogP contribution in [0, 0.1) is 0 Å². The summed E-state index contributed by atoms with van der Waals surface area (Å²) < 4.78 is 2.64.